The Morgan fingerprint density at radius 1 is 1.10 bits per heavy atom. The first-order valence-corrected chi connectivity index (χ1v) is 13.2. The Balaban J connectivity index is 1.57. The van der Waals surface area contributed by atoms with E-state index in [1.54, 1.807) is 12.1 Å². The van der Waals surface area contributed by atoms with Crippen LogP contribution in [0.15, 0.2) is 18.2 Å². The molecule has 3 aliphatic carbocycles. The van der Waals surface area contributed by atoms with Gasteiger partial charge in [-0.05, 0) is 85.0 Å². The minimum Gasteiger partial charge on any atom is -0.371 e. The molecule has 0 amide bonds. The van der Waals surface area contributed by atoms with Gasteiger partial charge in [-0.3, -0.25) is 4.18 Å². The van der Waals surface area contributed by atoms with E-state index in [9.17, 15) is 16.8 Å². The molecule has 1 aromatic carbocycles. The Morgan fingerprint density at radius 3 is 2.50 bits per heavy atom. The molecule has 10 heteroatoms. The molecule has 0 aliphatic heterocycles. The van der Waals surface area contributed by atoms with Gasteiger partial charge in [-0.15, -0.1) is 0 Å². The second-order valence-corrected chi connectivity index (χ2v) is 12.2. The summed E-state index contributed by atoms with van der Waals surface area (Å²) in [4.78, 5) is 0. The van der Waals surface area contributed by atoms with Crippen LogP contribution in [0, 0.1) is 17.3 Å². The van der Waals surface area contributed by atoms with Crippen molar-refractivity contribution in [1.82, 2.24) is 4.31 Å². The van der Waals surface area contributed by atoms with Crippen LogP contribution >= 0.6 is 0 Å². The first-order valence-electron chi connectivity index (χ1n) is 10.4. The van der Waals surface area contributed by atoms with Gasteiger partial charge in [0, 0.05) is 14.1 Å². The third kappa shape index (κ3) is 3.88. The van der Waals surface area contributed by atoms with Crippen molar-refractivity contribution >= 4 is 20.6 Å². The van der Waals surface area contributed by atoms with E-state index < -0.39 is 20.6 Å². The van der Waals surface area contributed by atoms with Gasteiger partial charge in [0.05, 0.1) is 6.10 Å². The van der Waals surface area contributed by atoms with Crippen molar-refractivity contribution in [2.24, 2.45) is 22.4 Å². The maximum atomic E-state index is 12.3. The van der Waals surface area contributed by atoms with E-state index in [1.807, 2.05) is 6.07 Å². The van der Waals surface area contributed by atoms with Gasteiger partial charge in [0.1, 0.15) is 5.75 Å². The van der Waals surface area contributed by atoms with Crippen LogP contribution in [0.4, 0.5) is 0 Å². The minimum absolute atomic E-state index is 0.154. The second kappa shape index (κ2) is 7.44. The summed E-state index contributed by atoms with van der Waals surface area (Å²) in [6.07, 6.45) is 5.13. The van der Waals surface area contributed by atoms with Crippen molar-refractivity contribution in [2.45, 2.75) is 57.5 Å². The van der Waals surface area contributed by atoms with Gasteiger partial charge in [-0.2, -0.15) is 26.3 Å². The number of hydrogen-bond donors (Lipinski definition) is 1. The molecule has 2 fully saturated rings. The monoisotopic (exact) mass is 458 g/mol. The van der Waals surface area contributed by atoms with Crippen molar-refractivity contribution < 1.29 is 25.2 Å². The lowest BCUT2D eigenvalue weighted by Crippen LogP contribution is -2.46. The summed E-state index contributed by atoms with van der Waals surface area (Å²) in [7, 11) is -4.76. The zero-order chi connectivity index (χ0) is 21.9. The van der Waals surface area contributed by atoms with Gasteiger partial charge < -0.3 is 4.18 Å². The van der Waals surface area contributed by atoms with Crippen LogP contribution < -0.4 is 9.32 Å². The van der Waals surface area contributed by atoms with Crippen molar-refractivity contribution in [2.75, 3.05) is 14.1 Å². The van der Waals surface area contributed by atoms with Crippen LogP contribution in [-0.2, 0) is 31.2 Å². The highest BCUT2D eigenvalue weighted by Gasteiger charge is 2.56. The van der Waals surface area contributed by atoms with E-state index in [0.29, 0.717) is 17.8 Å². The van der Waals surface area contributed by atoms with Gasteiger partial charge in [0.15, 0.2) is 0 Å². The van der Waals surface area contributed by atoms with Gasteiger partial charge in [-0.25, -0.2) is 0 Å². The molecule has 0 bridgehead atoms. The van der Waals surface area contributed by atoms with Gasteiger partial charge >= 0.3 is 20.6 Å². The highest BCUT2D eigenvalue weighted by Crippen LogP contribution is 2.61. The number of aryl methyl sites for hydroxylation is 1. The molecule has 2 N–H and O–H groups in total. The Morgan fingerprint density at radius 2 is 1.83 bits per heavy atom. The topological polar surface area (TPSA) is 116 Å². The van der Waals surface area contributed by atoms with Crippen molar-refractivity contribution in [1.29, 1.82) is 0 Å². The third-order valence-corrected chi connectivity index (χ3v) is 9.30. The van der Waals surface area contributed by atoms with E-state index in [1.165, 1.54) is 19.7 Å². The highest BCUT2D eigenvalue weighted by atomic mass is 32.2. The molecule has 8 nitrogen and oxygen atoms in total. The number of benzene rings is 1. The molecule has 0 heterocycles. The van der Waals surface area contributed by atoms with Crippen LogP contribution in [-0.4, -0.2) is 41.3 Å². The summed E-state index contributed by atoms with van der Waals surface area (Å²) in [6.45, 7) is 2.19. The second-order valence-electron chi connectivity index (χ2n) is 9.30. The van der Waals surface area contributed by atoms with Crippen molar-refractivity contribution in [3.8, 4) is 5.75 Å². The van der Waals surface area contributed by atoms with E-state index in [4.69, 9.17) is 13.5 Å². The first-order chi connectivity index (χ1) is 13.9. The van der Waals surface area contributed by atoms with E-state index in [0.717, 1.165) is 48.4 Å². The number of nitrogens with zero attached hydrogens (tertiary/aromatic N) is 1. The smallest absolute Gasteiger partial charge is 0.371 e. The molecule has 168 valence electrons. The molecule has 3 unspecified atom stereocenters. The number of hydrogen-bond acceptors (Lipinski definition) is 6. The molecule has 4 rings (SSSR count). The zero-order valence-corrected chi connectivity index (χ0v) is 19.2. The first kappa shape index (κ1) is 22.0. The lowest BCUT2D eigenvalue weighted by atomic mass is 9.55. The molecule has 3 aliphatic rings. The van der Waals surface area contributed by atoms with Crippen LogP contribution in [0.2, 0.25) is 0 Å². The van der Waals surface area contributed by atoms with Crippen molar-refractivity contribution in [3.63, 3.8) is 0 Å². The summed E-state index contributed by atoms with van der Waals surface area (Å²) >= 11 is 0. The third-order valence-electron chi connectivity index (χ3n) is 7.51. The fraction of sp³-hybridized carbons (Fsp3) is 0.700. The fourth-order valence-corrected chi connectivity index (χ4v) is 7.24. The standard InChI is InChI=1S/C20H30N2O6S2/c1-20-11-10-16-15-7-5-14(27-29(21,23)24)12-13(15)4-6-17(16)18(20)8-9-19(20)28-30(25,26)22(2)3/h5,7,12,16-19H,4,6,8-11H2,1-3H3,(H2,21,23,24)/t16?,17?,18?,19-,20-/m0/s1. The molecule has 30 heavy (non-hydrogen) atoms. The summed E-state index contributed by atoms with van der Waals surface area (Å²) in [6, 6.07) is 5.42. The van der Waals surface area contributed by atoms with Gasteiger partial charge in [0.2, 0.25) is 0 Å². The molecular formula is C20H30N2O6S2. The summed E-state index contributed by atoms with van der Waals surface area (Å²) < 4.78 is 58.7. The lowest BCUT2D eigenvalue weighted by Gasteiger charge is -2.50. The van der Waals surface area contributed by atoms with Crippen LogP contribution in [0.5, 0.6) is 5.75 Å². The van der Waals surface area contributed by atoms with Gasteiger partial charge in [0.25, 0.3) is 0 Å². The van der Waals surface area contributed by atoms with Crippen LogP contribution in [0.3, 0.4) is 0 Å². The maximum absolute atomic E-state index is 12.3. The van der Waals surface area contributed by atoms with Crippen molar-refractivity contribution in [3.05, 3.63) is 29.3 Å². The summed E-state index contributed by atoms with van der Waals surface area (Å²) in [5, 5.41) is 4.99. The number of fused-ring (bicyclic) bond motifs is 5. The van der Waals surface area contributed by atoms with Crippen LogP contribution in [0.25, 0.3) is 0 Å². The Hall–Kier alpha value is -1.20. The Kier molecular flexibility index (Phi) is 5.46. The molecule has 2 saturated carbocycles. The molecule has 1 aromatic rings. The van der Waals surface area contributed by atoms with E-state index >= 15 is 0 Å². The number of rotatable bonds is 5. The predicted octanol–water partition coefficient (Wildman–Crippen LogP) is 2.32. The summed E-state index contributed by atoms with van der Waals surface area (Å²) in [5.74, 6) is 1.52. The normalized spacial score (nSPS) is 33.6. The average Bonchev–Trinajstić information content (AvgIpc) is 2.96. The largest absolute Gasteiger partial charge is 0.380 e. The molecular weight excluding hydrogens is 428 g/mol. The highest BCUT2D eigenvalue weighted by molar-refractivity contribution is 7.84. The average molecular weight is 459 g/mol. The summed E-state index contributed by atoms with van der Waals surface area (Å²) in [5.41, 5.74) is 2.21. The van der Waals surface area contributed by atoms with Gasteiger partial charge in [-0.1, -0.05) is 13.0 Å². The Labute approximate surface area is 179 Å². The quantitative estimate of drug-likeness (QED) is 0.724. The van der Waals surface area contributed by atoms with E-state index in [2.05, 4.69) is 6.92 Å². The minimum atomic E-state index is -4.04. The van der Waals surface area contributed by atoms with E-state index in [-0.39, 0.29) is 17.3 Å². The van der Waals surface area contributed by atoms with Crippen LogP contribution in [0.1, 0.15) is 56.1 Å². The predicted molar refractivity (Wildman–Crippen MR) is 112 cm³/mol. The molecule has 0 saturated heterocycles. The SMILES string of the molecule is CN(C)S(=O)(=O)O[C@H]1CCC2C3CCc4cc(OS(N)(=O)=O)ccc4C3CC[C@@]21C. The molecule has 0 spiro atoms. The maximum Gasteiger partial charge on any atom is 0.380 e. The molecule has 0 radical (unpaired) electrons. The lowest BCUT2D eigenvalue weighted by molar-refractivity contribution is -0.0103. The zero-order valence-electron chi connectivity index (χ0n) is 17.6. The molecule has 0 aromatic heterocycles. The molecule has 5 atom stereocenters. The number of nitrogens with two attached hydrogens (primary N) is 1. The fourth-order valence-electron chi connectivity index (χ4n) is 6.09. The Bertz CT molecular complexity index is 1040.